The maximum absolute atomic E-state index is 13.2. The molecule has 0 aliphatic rings. The molecule has 0 unspecified atom stereocenters. The van der Waals surface area contributed by atoms with E-state index in [1.54, 1.807) is 0 Å². The van der Waals surface area contributed by atoms with Crippen molar-refractivity contribution in [3.63, 3.8) is 0 Å². The van der Waals surface area contributed by atoms with Gasteiger partial charge in [0, 0.05) is 5.56 Å². The number of halogens is 1. The minimum absolute atomic E-state index is 0.196. The summed E-state index contributed by atoms with van der Waals surface area (Å²) in [6.45, 7) is 2.16. The lowest BCUT2D eigenvalue weighted by molar-refractivity contribution is -0.143. The Hall–Kier alpha value is -1.91. The molecule has 0 radical (unpaired) electrons. The van der Waals surface area contributed by atoms with Gasteiger partial charge in [-0.05, 0) is 24.6 Å². The zero-order valence-electron chi connectivity index (χ0n) is 13.9. The third kappa shape index (κ3) is 7.26. The summed E-state index contributed by atoms with van der Waals surface area (Å²) in [6.07, 6.45) is 7.11. The Morgan fingerprint density at radius 2 is 1.87 bits per heavy atom. The molecule has 0 heterocycles. The molecule has 1 N–H and O–H groups in total. The van der Waals surface area contributed by atoms with E-state index in [2.05, 4.69) is 12.2 Å². The standard InChI is InChI=1S/C18H26FNO3/c1-3-4-5-6-7-8-12-16(18(22)23-2)20-17(21)14-10-9-11-15(19)13-14/h9-11,13,16H,3-8,12H2,1-2H3,(H,20,21)/t16-/m0/s1. The molecule has 1 rings (SSSR count). The van der Waals surface area contributed by atoms with E-state index < -0.39 is 23.7 Å². The van der Waals surface area contributed by atoms with Crippen LogP contribution in [-0.2, 0) is 9.53 Å². The third-order valence-corrected chi connectivity index (χ3v) is 3.72. The topological polar surface area (TPSA) is 55.4 Å². The third-order valence-electron chi connectivity index (χ3n) is 3.72. The summed E-state index contributed by atoms with van der Waals surface area (Å²) in [5.74, 6) is -1.42. The number of esters is 1. The number of carbonyl (C=O) groups excluding carboxylic acids is 2. The molecular formula is C18H26FNO3. The fraction of sp³-hybridized carbons (Fsp3) is 0.556. The average molecular weight is 323 g/mol. The number of carbonyl (C=O) groups is 2. The molecule has 1 atom stereocenters. The van der Waals surface area contributed by atoms with Gasteiger partial charge in [0.15, 0.2) is 0 Å². The van der Waals surface area contributed by atoms with Gasteiger partial charge in [-0.15, -0.1) is 0 Å². The van der Waals surface area contributed by atoms with Crippen molar-refractivity contribution in [3.05, 3.63) is 35.6 Å². The van der Waals surface area contributed by atoms with Gasteiger partial charge >= 0.3 is 5.97 Å². The van der Waals surface area contributed by atoms with Gasteiger partial charge in [-0.25, -0.2) is 9.18 Å². The van der Waals surface area contributed by atoms with Gasteiger partial charge in [-0.3, -0.25) is 4.79 Å². The maximum Gasteiger partial charge on any atom is 0.328 e. The lowest BCUT2D eigenvalue weighted by atomic mass is 10.1. The van der Waals surface area contributed by atoms with Crippen molar-refractivity contribution in [1.29, 1.82) is 0 Å². The molecule has 128 valence electrons. The Morgan fingerprint density at radius 1 is 1.17 bits per heavy atom. The van der Waals surface area contributed by atoms with E-state index in [0.29, 0.717) is 6.42 Å². The van der Waals surface area contributed by atoms with Crippen LogP contribution < -0.4 is 5.32 Å². The fourth-order valence-corrected chi connectivity index (χ4v) is 2.39. The number of unbranched alkanes of at least 4 members (excludes halogenated alkanes) is 5. The van der Waals surface area contributed by atoms with Crippen LogP contribution in [0.5, 0.6) is 0 Å². The van der Waals surface area contributed by atoms with Crippen molar-refractivity contribution in [2.24, 2.45) is 0 Å². The number of amides is 1. The summed E-state index contributed by atoms with van der Waals surface area (Å²) in [4.78, 5) is 23.9. The van der Waals surface area contributed by atoms with E-state index in [1.807, 2.05) is 0 Å². The molecule has 4 nitrogen and oxygen atoms in total. The Balaban J connectivity index is 2.51. The molecule has 0 aliphatic carbocycles. The highest BCUT2D eigenvalue weighted by Gasteiger charge is 2.21. The number of benzene rings is 1. The summed E-state index contributed by atoms with van der Waals surface area (Å²) in [6, 6.07) is 4.70. The summed E-state index contributed by atoms with van der Waals surface area (Å²) >= 11 is 0. The first kappa shape index (κ1) is 19.1. The lowest BCUT2D eigenvalue weighted by Crippen LogP contribution is -2.41. The van der Waals surface area contributed by atoms with Crippen LogP contribution >= 0.6 is 0 Å². The van der Waals surface area contributed by atoms with Crippen LogP contribution in [0.25, 0.3) is 0 Å². The minimum atomic E-state index is -0.693. The van der Waals surface area contributed by atoms with Crippen LogP contribution in [0.1, 0.15) is 62.2 Å². The normalized spacial score (nSPS) is 11.8. The lowest BCUT2D eigenvalue weighted by Gasteiger charge is -2.16. The number of hydrogen-bond donors (Lipinski definition) is 1. The second-order valence-electron chi connectivity index (χ2n) is 5.62. The molecule has 0 saturated carbocycles. The van der Waals surface area contributed by atoms with Crippen molar-refractivity contribution in [2.45, 2.75) is 57.9 Å². The van der Waals surface area contributed by atoms with Crippen molar-refractivity contribution in [2.75, 3.05) is 7.11 Å². The number of methoxy groups -OCH3 is 1. The fourth-order valence-electron chi connectivity index (χ4n) is 2.39. The summed E-state index contributed by atoms with van der Waals surface area (Å²) in [7, 11) is 1.30. The highest BCUT2D eigenvalue weighted by Crippen LogP contribution is 2.11. The van der Waals surface area contributed by atoms with Gasteiger partial charge in [0.25, 0.3) is 5.91 Å². The van der Waals surface area contributed by atoms with E-state index in [9.17, 15) is 14.0 Å². The second kappa shape index (κ2) is 10.8. The van der Waals surface area contributed by atoms with Crippen LogP contribution in [0.2, 0.25) is 0 Å². The number of rotatable bonds is 10. The molecule has 0 fully saturated rings. The molecule has 0 aromatic heterocycles. The number of nitrogens with one attached hydrogen (secondary N) is 1. The number of ether oxygens (including phenoxy) is 1. The zero-order chi connectivity index (χ0) is 17.1. The van der Waals surface area contributed by atoms with E-state index in [0.717, 1.165) is 25.3 Å². The van der Waals surface area contributed by atoms with Crippen molar-refractivity contribution in [1.82, 2.24) is 5.32 Å². The van der Waals surface area contributed by atoms with E-state index in [1.165, 1.54) is 44.6 Å². The molecule has 5 heteroatoms. The average Bonchev–Trinajstić information content (AvgIpc) is 2.56. The summed E-state index contributed by atoms with van der Waals surface area (Å²) < 4.78 is 17.9. The molecule has 1 amide bonds. The zero-order valence-corrected chi connectivity index (χ0v) is 13.9. The smallest absolute Gasteiger partial charge is 0.328 e. The summed E-state index contributed by atoms with van der Waals surface area (Å²) in [5.41, 5.74) is 0.196. The van der Waals surface area contributed by atoms with Crippen LogP contribution in [0.15, 0.2) is 24.3 Å². The highest BCUT2D eigenvalue weighted by molar-refractivity contribution is 5.96. The SMILES string of the molecule is CCCCCCCC[C@H](NC(=O)c1cccc(F)c1)C(=O)OC. The van der Waals surface area contributed by atoms with Gasteiger partial charge in [-0.2, -0.15) is 0 Å². The van der Waals surface area contributed by atoms with Gasteiger partial charge in [0.2, 0.25) is 0 Å². The van der Waals surface area contributed by atoms with Crippen molar-refractivity contribution in [3.8, 4) is 0 Å². The molecular weight excluding hydrogens is 297 g/mol. The van der Waals surface area contributed by atoms with Crippen LogP contribution in [-0.4, -0.2) is 25.0 Å². The second-order valence-corrected chi connectivity index (χ2v) is 5.62. The first-order valence-corrected chi connectivity index (χ1v) is 8.22. The monoisotopic (exact) mass is 323 g/mol. The van der Waals surface area contributed by atoms with Gasteiger partial charge < -0.3 is 10.1 Å². The Bertz CT molecular complexity index is 505. The van der Waals surface area contributed by atoms with Crippen LogP contribution in [0.4, 0.5) is 4.39 Å². The summed E-state index contributed by atoms with van der Waals surface area (Å²) in [5, 5.41) is 2.63. The molecule has 1 aromatic rings. The van der Waals surface area contributed by atoms with Gasteiger partial charge in [-0.1, -0.05) is 51.5 Å². The van der Waals surface area contributed by atoms with Gasteiger partial charge in [0.1, 0.15) is 11.9 Å². The van der Waals surface area contributed by atoms with E-state index in [4.69, 9.17) is 4.74 Å². The van der Waals surface area contributed by atoms with E-state index >= 15 is 0 Å². The predicted octanol–water partition coefficient (Wildman–Crippen LogP) is 3.85. The largest absolute Gasteiger partial charge is 0.467 e. The maximum atomic E-state index is 13.2. The Morgan fingerprint density at radius 3 is 2.52 bits per heavy atom. The van der Waals surface area contributed by atoms with E-state index in [-0.39, 0.29) is 5.56 Å². The Labute approximate surface area is 137 Å². The first-order valence-electron chi connectivity index (χ1n) is 8.22. The molecule has 23 heavy (non-hydrogen) atoms. The molecule has 1 aromatic carbocycles. The quantitative estimate of drug-likeness (QED) is 0.525. The van der Waals surface area contributed by atoms with Crippen molar-refractivity contribution >= 4 is 11.9 Å². The molecule has 0 saturated heterocycles. The number of hydrogen-bond acceptors (Lipinski definition) is 3. The highest BCUT2D eigenvalue weighted by atomic mass is 19.1. The van der Waals surface area contributed by atoms with Crippen LogP contribution in [0, 0.1) is 5.82 Å². The van der Waals surface area contributed by atoms with Crippen molar-refractivity contribution < 1.29 is 18.7 Å². The molecule has 0 aliphatic heterocycles. The minimum Gasteiger partial charge on any atom is -0.467 e. The first-order chi connectivity index (χ1) is 11.1. The molecule has 0 bridgehead atoms. The van der Waals surface area contributed by atoms with Gasteiger partial charge in [0.05, 0.1) is 7.11 Å². The van der Waals surface area contributed by atoms with Crippen LogP contribution in [0.3, 0.4) is 0 Å². The predicted molar refractivity (Wildman–Crippen MR) is 87.7 cm³/mol. The Kier molecular flexibility index (Phi) is 8.95. The molecule has 0 spiro atoms.